The van der Waals surface area contributed by atoms with Gasteiger partial charge in [-0.15, -0.1) is 0 Å². The van der Waals surface area contributed by atoms with Gasteiger partial charge in [-0.05, 0) is 23.1 Å². The van der Waals surface area contributed by atoms with Crippen LogP contribution in [-0.4, -0.2) is 31.2 Å². The molecular weight excluding hydrogens is 228 g/mol. The third-order valence-corrected chi connectivity index (χ3v) is 3.01. The van der Waals surface area contributed by atoms with E-state index < -0.39 is 12.0 Å². The summed E-state index contributed by atoms with van der Waals surface area (Å²) >= 11 is 0. The molecule has 0 aliphatic rings. The second-order valence-corrected chi connectivity index (χ2v) is 5.09. The van der Waals surface area contributed by atoms with E-state index in [1.54, 1.807) is 0 Å². The van der Waals surface area contributed by atoms with Crippen molar-refractivity contribution in [1.29, 1.82) is 0 Å². The molecule has 0 radical (unpaired) electrons. The molecule has 18 heavy (non-hydrogen) atoms. The summed E-state index contributed by atoms with van der Waals surface area (Å²) in [6.07, 6.45) is 0.351. The van der Waals surface area contributed by atoms with Crippen LogP contribution in [0.2, 0.25) is 0 Å². The Kier molecular flexibility index (Phi) is 4.73. The highest BCUT2D eigenvalue weighted by atomic mass is 16.4. The lowest BCUT2D eigenvalue weighted by Gasteiger charge is -2.20. The Bertz CT molecular complexity index is 428. The minimum atomic E-state index is -0.963. The van der Waals surface area contributed by atoms with Crippen LogP contribution in [0.1, 0.15) is 30.9 Å². The Labute approximate surface area is 108 Å². The van der Waals surface area contributed by atoms with Gasteiger partial charge in [0, 0.05) is 26.2 Å². The van der Waals surface area contributed by atoms with E-state index in [0.717, 1.165) is 11.3 Å². The number of rotatable bonds is 5. The fraction of sp³-hybridized carbons (Fsp3) is 0.500. The van der Waals surface area contributed by atoms with Crippen LogP contribution in [0.3, 0.4) is 0 Å². The maximum atomic E-state index is 10.9. The first-order valence-corrected chi connectivity index (χ1v) is 6.11. The Morgan fingerprint density at radius 1 is 1.39 bits per heavy atom. The fourth-order valence-electron chi connectivity index (χ4n) is 1.89. The fourth-order valence-corrected chi connectivity index (χ4v) is 1.89. The van der Waals surface area contributed by atoms with Crippen LogP contribution in [0.15, 0.2) is 18.2 Å². The predicted molar refractivity (Wildman–Crippen MR) is 74.2 cm³/mol. The normalized spacial score (nSPS) is 12.6. The van der Waals surface area contributed by atoms with Gasteiger partial charge >= 0.3 is 5.97 Å². The number of carboxylic acids is 1. The van der Waals surface area contributed by atoms with Gasteiger partial charge in [0.25, 0.3) is 0 Å². The van der Waals surface area contributed by atoms with Crippen molar-refractivity contribution in [1.82, 2.24) is 0 Å². The molecule has 0 amide bonds. The Hall–Kier alpha value is -1.55. The van der Waals surface area contributed by atoms with Gasteiger partial charge in [0.2, 0.25) is 0 Å². The Balaban J connectivity index is 3.11. The van der Waals surface area contributed by atoms with Crippen molar-refractivity contribution in [2.45, 2.75) is 32.2 Å². The van der Waals surface area contributed by atoms with Crippen molar-refractivity contribution in [3.05, 3.63) is 29.3 Å². The quantitative estimate of drug-likeness (QED) is 0.836. The lowest BCUT2D eigenvalue weighted by Crippen LogP contribution is -2.32. The highest BCUT2D eigenvalue weighted by molar-refractivity contribution is 5.74. The third-order valence-electron chi connectivity index (χ3n) is 3.01. The minimum absolute atomic E-state index is 0.351. The van der Waals surface area contributed by atoms with Crippen molar-refractivity contribution >= 4 is 11.7 Å². The van der Waals surface area contributed by atoms with Gasteiger partial charge in [0.05, 0.1) is 0 Å². The predicted octanol–water partition coefficient (Wildman–Crippen LogP) is 1.83. The van der Waals surface area contributed by atoms with Gasteiger partial charge in [-0.25, -0.2) is 0 Å². The standard InChI is InChI=1S/C14H22N2O2/c1-9(2)10-5-6-13(16(3)4)11(7-10)8-12(15)14(17)18/h5-7,9,12H,8,15H2,1-4H3,(H,17,18). The van der Waals surface area contributed by atoms with Crippen LogP contribution in [0.5, 0.6) is 0 Å². The number of hydrogen-bond donors (Lipinski definition) is 2. The maximum Gasteiger partial charge on any atom is 0.320 e. The zero-order valence-electron chi connectivity index (χ0n) is 11.5. The van der Waals surface area contributed by atoms with Crippen molar-refractivity contribution in [3.8, 4) is 0 Å². The second-order valence-electron chi connectivity index (χ2n) is 5.09. The zero-order valence-corrected chi connectivity index (χ0v) is 11.5. The van der Waals surface area contributed by atoms with Gasteiger partial charge in [-0.2, -0.15) is 0 Å². The summed E-state index contributed by atoms with van der Waals surface area (Å²) in [5.41, 5.74) is 8.84. The summed E-state index contributed by atoms with van der Waals surface area (Å²) in [4.78, 5) is 12.8. The number of carboxylic acid groups (broad SMARTS) is 1. The molecule has 0 saturated carbocycles. The minimum Gasteiger partial charge on any atom is -0.480 e. The lowest BCUT2D eigenvalue weighted by atomic mass is 9.96. The van der Waals surface area contributed by atoms with E-state index >= 15 is 0 Å². The summed E-state index contributed by atoms with van der Waals surface area (Å²) in [6, 6.07) is 5.31. The van der Waals surface area contributed by atoms with Crippen LogP contribution < -0.4 is 10.6 Å². The molecule has 1 aromatic carbocycles. The lowest BCUT2D eigenvalue weighted by molar-refractivity contribution is -0.138. The monoisotopic (exact) mass is 250 g/mol. The SMILES string of the molecule is CC(C)c1ccc(N(C)C)c(CC(N)C(=O)O)c1. The average molecular weight is 250 g/mol. The number of aliphatic carboxylic acids is 1. The average Bonchev–Trinajstić information content (AvgIpc) is 2.28. The molecule has 100 valence electrons. The number of carbonyl (C=O) groups is 1. The topological polar surface area (TPSA) is 66.6 Å². The second kappa shape index (κ2) is 5.87. The summed E-state index contributed by atoms with van der Waals surface area (Å²) in [7, 11) is 3.89. The smallest absolute Gasteiger partial charge is 0.320 e. The molecule has 4 heteroatoms. The molecule has 0 spiro atoms. The first-order chi connectivity index (χ1) is 8.32. The van der Waals surface area contributed by atoms with Crippen LogP contribution in [0.4, 0.5) is 5.69 Å². The summed E-state index contributed by atoms with van der Waals surface area (Å²) in [5.74, 6) is -0.546. The number of benzene rings is 1. The number of nitrogens with two attached hydrogens (primary N) is 1. The third kappa shape index (κ3) is 3.47. The van der Waals surface area contributed by atoms with E-state index in [-0.39, 0.29) is 0 Å². The molecule has 1 aromatic rings. The first-order valence-electron chi connectivity index (χ1n) is 6.11. The van der Waals surface area contributed by atoms with Gasteiger partial charge in [-0.1, -0.05) is 26.0 Å². The van der Waals surface area contributed by atoms with Gasteiger partial charge in [0.15, 0.2) is 0 Å². The van der Waals surface area contributed by atoms with E-state index in [4.69, 9.17) is 10.8 Å². The van der Waals surface area contributed by atoms with E-state index in [2.05, 4.69) is 26.0 Å². The highest BCUT2D eigenvalue weighted by Crippen LogP contribution is 2.25. The number of hydrogen-bond acceptors (Lipinski definition) is 3. The molecule has 3 N–H and O–H groups in total. The molecular formula is C14H22N2O2. The molecule has 0 saturated heterocycles. The summed E-state index contributed by atoms with van der Waals surface area (Å²) in [5, 5.41) is 8.91. The van der Waals surface area contributed by atoms with Crippen LogP contribution in [-0.2, 0) is 11.2 Å². The molecule has 0 heterocycles. The molecule has 0 aliphatic heterocycles. The van der Waals surface area contributed by atoms with Crippen LogP contribution in [0.25, 0.3) is 0 Å². The molecule has 1 rings (SSSR count). The van der Waals surface area contributed by atoms with Gasteiger partial charge < -0.3 is 15.7 Å². The summed E-state index contributed by atoms with van der Waals surface area (Å²) < 4.78 is 0. The largest absolute Gasteiger partial charge is 0.480 e. The molecule has 1 atom stereocenters. The molecule has 1 unspecified atom stereocenters. The maximum absolute atomic E-state index is 10.9. The number of anilines is 1. The molecule has 0 fully saturated rings. The van der Waals surface area contributed by atoms with Gasteiger partial charge in [0.1, 0.15) is 6.04 Å². The van der Waals surface area contributed by atoms with E-state index in [0.29, 0.717) is 12.3 Å². The first kappa shape index (κ1) is 14.5. The van der Waals surface area contributed by atoms with Crippen LogP contribution in [0, 0.1) is 0 Å². The van der Waals surface area contributed by atoms with Crippen molar-refractivity contribution in [2.24, 2.45) is 5.73 Å². The Morgan fingerprint density at radius 2 is 2.00 bits per heavy atom. The van der Waals surface area contributed by atoms with E-state index in [1.807, 2.05) is 25.1 Å². The molecule has 0 bridgehead atoms. The van der Waals surface area contributed by atoms with Crippen molar-refractivity contribution in [2.75, 3.05) is 19.0 Å². The van der Waals surface area contributed by atoms with Crippen LogP contribution >= 0.6 is 0 Å². The zero-order chi connectivity index (χ0) is 13.9. The summed E-state index contributed by atoms with van der Waals surface area (Å²) in [6.45, 7) is 4.23. The number of nitrogens with zero attached hydrogens (tertiary/aromatic N) is 1. The van der Waals surface area contributed by atoms with Crippen molar-refractivity contribution in [3.63, 3.8) is 0 Å². The van der Waals surface area contributed by atoms with Crippen molar-refractivity contribution < 1.29 is 9.90 Å². The Morgan fingerprint density at radius 3 is 2.44 bits per heavy atom. The molecule has 0 aromatic heterocycles. The molecule has 0 aliphatic carbocycles. The van der Waals surface area contributed by atoms with E-state index in [1.165, 1.54) is 5.56 Å². The highest BCUT2D eigenvalue weighted by Gasteiger charge is 2.16. The van der Waals surface area contributed by atoms with Gasteiger partial charge in [-0.3, -0.25) is 4.79 Å². The molecule has 4 nitrogen and oxygen atoms in total. The van der Waals surface area contributed by atoms with E-state index in [9.17, 15) is 4.79 Å².